The third-order valence-electron chi connectivity index (χ3n) is 2.08. The van der Waals surface area contributed by atoms with Gasteiger partial charge in [-0.3, -0.25) is 0 Å². The largest absolute Gasteiger partial charge is 0.392 e. The fraction of sp³-hybridized carbons (Fsp3) is 0.400. The van der Waals surface area contributed by atoms with E-state index in [1.807, 2.05) is 25.2 Å². The summed E-state index contributed by atoms with van der Waals surface area (Å²) < 4.78 is 1.03. The molecule has 0 bridgehead atoms. The van der Waals surface area contributed by atoms with Gasteiger partial charge in [-0.15, -0.1) is 0 Å². The second-order valence-electron chi connectivity index (χ2n) is 2.96. The van der Waals surface area contributed by atoms with Gasteiger partial charge >= 0.3 is 0 Å². The van der Waals surface area contributed by atoms with Gasteiger partial charge in [0.15, 0.2) is 0 Å². The van der Waals surface area contributed by atoms with Crippen molar-refractivity contribution in [1.82, 2.24) is 0 Å². The number of hydrogen-bond acceptors (Lipinski definition) is 2. The molecule has 0 aliphatic heterocycles. The number of anilines is 1. The summed E-state index contributed by atoms with van der Waals surface area (Å²) in [4.78, 5) is 2.14. The first kappa shape index (κ1) is 10.5. The lowest BCUT2D eigenvalue weighted by Gasteiger charge is -2.18. The van der Waals surface area contributed by atoms with Crippen LogP contribution in [-0.2, 0) is 6.61 Å². The van der Waals surface area contributed by atoms with Crippen LogP contribution in [0.2, 0.25) is 0 Å². The van der Waals surface area contributed by atoms with Crippen molar-refractivity contribution in [2.45, 2.75) is 13.5 Å². The number of rotatable bonds is 3. The predicted octanol–water partition coefficient (Wildman–Crippen LogP) is 2.40. The lowest BCUT2D eigenvalue weighted by molar-refractivity contribution is 0.282. The molecule has 0 amide bonds. The molecule has 1 aromatic carbocycles. The number of halogens is 1. The summed E-state index contributed by atoms with van der Waals surface area (Å²) in [5.74, 6) is 0. The normalized spacial score (nSPS) is 10.2. The third kappa shape index (κ3) is 2.45. The van der Waals surface area contributed by atoms with E-state index in [0.717, 1.165) is 22.3 Å². The third-order valence-corrected chi connectivity index (χ3v) is 2.72. The van der Waals surface area contributed by atoms with Crippen molar-refractivity contribution < 1.29 is 5.11 Å². The highest BCUT2D eigenvalue weighted by Crippen LogP contribution is 2.26. The second-order valence-corrected chi connectivity index (χ2v) is 3.81. The van der Waals surface area contributed by atoms with Gasteiger partial charge in [0.1, 0.15) is 0 Å². The molecule has 0 saturated carbocycles. The molecule has 0 atom stereocenters. The first-order valence-corrected chi connectivity index (χ1v) is 5.08. The number of aliphatic hydroxyl groups excluding tert-OH is 1. The van der Waals surface area contributed by atoms with Crippen LogP contribution in [0.5, 0.6) is 0 Å². The predicted molar refractivity (Wildman–Crippen MR) is 59.0 cm³/mol. The summed E-state index contributed by atoms with van der Waals surface area (Å²) in [7, 11) is 2.04. The van der Waals surface area contributed by atoms with E-state index in [2.05, 4.69) is 27.8 Å². The standard InChI is InChI=1S/C10H14BrNO/c1-3-12(2)10-5-4-8(7-13)6-9(10)11/h4-6,13H,3,7H2,1-2H3. The lowest BCUT2D eigenvalue weighted by Crippen LogP contribution is -2.16. The Bertz CT molecular complexity index is 288. The fourth-order valence-corrected chi connectivity index (χ4v) is 1.86. The van der Waals surface area contributed by atoms with Gasteiger partial charge in [0, 0.05) is 18.1 Å². The van der Waals surface area contributed by atoms with Crippen LogP contribution >= 0.6 is 15.9 Å². The van der Waals surface area contributed by atoms with Gasteiger partial charge in [-0.25, -0.2) is 0 Å². The summed E-state index contributed by atoms with van der Waals surface area (Å²) in [5.41, 5.74) is 2.08. The quantitative estimate of drug-likeness (QED) is 0.882. The molecule has 0 fully saturated rings. The average molecular weight is 244 g/mol. The van der Waals surface area contributed by atoms with Crippen molar-refractivity contribution >= 4 is 21.6 Å². The maximum absolute atomic E-state index is 8.91. The maximum atomic E-state index is 8.91. The smallest absolute Gasteiger partial charge is 0.0682 e. The van der Waals surface area contributed by atoms with Crippen molar-refractivity contribution in [2.75, 3.05) is 18.5 Å². The number of aliphatic hydroxyl groups is 1. The van der Waals surface area contributed by atoms with E-state index in [1.165, 1.54) is 0 Å². The second kappa shape index (κ2) is 4.63. The molecule has 0 heterocycles. The van der Waals surface area contributed by atoms with Crippen molar-refractivity contribution in [3.8, 4) is 0 Å². The Balaban J connectivity index is 2.98. The van der Waals surface area contributed by atoms with E-state index in [1.54, 1.807) is 0 Å². The molecule has 2 nitrogen and oxygen atoms in total. The first-order chi connectivity index (χ1) is 6.19. The number of benzene rings is 1. The van der Waals surface area contributed by atoms with E-state index in [0.29, 0.717) is 0 Å². The van der Waals surface area contributed by atoms with Gasteiger partial charge in [-0.2, -0.15) is 0 Å². The molecule has 0 unspecified atom stereocenters. The van der Waals surface area contributed by atoms with Gasteiger partial charge < -0.3 is 10.0 Å². The number of nitrogens with zero attached hydrogens (tertiary/aromatic N) is 1. The lowest BCUT2D eigenvalue weighted by atomic mass is 10.2. The van der Waals surface area contributed by atoms with Crippen LogP contribution in [-0.4, -0.2) is 18.7 Å². The van der Waals surface area contributed by atoms with Gasteiger partial charge in [-0.05, 0) is 40.5 Å². The van der Waals surface area contributed by atoms with E-state index >= 15 is 0 Å². The van der Waals surface area contributed by atoms with Crippen molar-refractivity contribution in [3.63, 3.8) is 0 Å². The molecule has 0 aromatic heterocycles. The Morgan fingerprint density at radius 2 is 2.15 bits per heavy atom. The van der Waals surface area contributed by atoms with Crippen LogP contribution in [0.15, 0.2) is 22.7 Å². The molecule has 0 saturated heterocycles. The van der Waals surface area contributed by atoms with Gasteiger partial charge in [-0.1, -0.05) is 6.07 Å². The minimum atomic E-state index is 0.0920. The Morgan fingerprint density at radius 3 is 2.62 bits per heavy atom. The summed E-state index contributed by atoms with van der Waals surface area (Å²) in [5, 5.41) is 8.91. The molecular weight excluding hydrogens is 230 g/mol. The molecule has 13 heavy (non-hydrogen) atoms. The van der Waals surface area contributed by atoms with Crippen LogP contribution in [0.4, 0.5) is 5.69 Å². The van der Waals surface area contributed by atoms with E-state index in [-0.39, 0.29) is 6.61 Å². The van der Waals surface area contributed by atoms with Crippen molar-refractivity contribution in [1.29, 1.82) is 0 Å². The topological polar surface area (TPSA) is 23.5 Å². The van der Waals surface area contributed by atoms with E-state index in [4.69, 9.17) is 5.11 Å². The number of hydrogen-bond donors (Lipinski definition) is 1. The van der Waals surface area contributed by atoms with Crippen LogP contribution in [0, 0.1) is 0 Å². The van der Waals surface area contributed by atoms with E-state index < -0.39 is 0 Å². The zero-order valence-corrected chi connectivity index (χ0v) is 9.50. The summed E-state index contributed by atoms with van der Waals surface area (Å²) in [6.45, 7) is 3.16. The van der Waals surface area contributed by atoms with Crippen molar-refractivity contribution in [2.24, 2.45) is 0 Å². The van der Waals surface area contributed by atoms with Crippen LogP contribution in [0.25, 0.3) is 0 Å². The van der Waals surface area contributed by atoms with Crippen molar-refractivity contribution in [3.05, 3.63) is 28.2 Å². The molecule has 0 aliphatic carbocycles. The minimum absolute atomic E-state index is 0.0920. The zero-order valence-electron chi connectivity index (χ0n) is 7.92. The molecule has 1 rings (SSSR count). The Morgan fingerprint density at radius 1 is 1.46 bits per heavy atom. The molecule has 0 aliphatic rings. The molecular formula is C10H14BrNO. The SMILES string of the molecule is CCN(C)c1ccc(CO)cc1Br. The fourth-order valence-electron chi connectivity index (χ4n) is 1.13. The Labute approximate surface area is 87.3 Å². The Kier molecular flexibility index (Phi) is 3.75. The van der Waals surface area contributed by atoms with E-state index in [9.17, 15) is 0 Å². The summed E-state index contributed by atoms with van der Waals surface area (Å²) in [6, 6.07) is 5.90. The maximum Gasteiger partial charge on any atom is 0.0682 e. The highest BCUT2D eigenvalue weighted by Gasteiger charge is 2.03. The van der Waals surface area contributed by atoms with Crippen LogP contribution in [0.1, 0.15) is 12.5 Å². The summed E-state index contributed by atoms with van der Waals surface area (Å²) in [6.07, 6.45) is 0. The summed E-state index contributed by atoms with van der Waals surface area (Å²) >= 11 is 3.48. The average Bonchev–Trinajstić information content (AvgIpc) is 2.16. The van der Waals surface area contributed by atoms with Gasteiger partial charge in [0.25, 0.3) is 0 Å². The Hall–Kier alpha value is -0.540. The van der Waals surface area contributed by atoms with Crippen LogP contribution in [0.3, 0.4) is 0 Å². The van der Waals surface area contributed by atoms with Crippen LogP contribution < -0.4 is 4.90 Å². The minimum Gasteiger partial charge on any atom is -0.392 e. The highest BCUT2D eigenvalue weighted by atomic mass is 79.9. The monoisotopic (exact) mass is 243 g/mol. The first-order valence-electron chi connectivity index (χ1n) is 4.29. The highest BCUT2D eigenvalue weighted by molar-refractivity contribution is 9.10. The molecule has 1 N–H and O–H groups in total. The zero-order chi connectivity index (χ0) is 9.84. The molecule has 72 valence electrons. The van der Waals surface area contributed by atoms with Gasteiger partial charge in [0.2, 0.25) is 0 Å². The molecule has 0 spiro atoms. The molecule has 3 heteroatoms. The van der Waals surface area contributed by atoms with Gasteiger partial charge in [0.05, 0.1) is 12.3 Å². The molecule has 1 aromatic rings. The molecule has 0 radical (unpaired) electrons.